The Hall–Kier alpha value is -0.881. The summed E-state index contributed by atoms with van der Waals surface area (Å²) < 4.78 is 0. The van der Waals surface area contributed by atoms with Crippen LogP contribution >= 0.6 is 0 Å². The van der Waals surface area contributed by atoms with Crippen molar-refractivity contribution in [2.24, 2.45) is 0 Å². The quantitative estimate of drug-likeness (QED) is 0.314. The molecule has 0 unspecified atom stereocenters. The van der Waals surface area contributed by atoms with Crippen LogP contribution in [0.2, 0.25) is 0 Å². The molecule has 0 atom stereocenters. The van der Waals surface area contributed by atoms with Gasteiger partial charge in [0.1, 0.15) is 0 Å². The third-order valence-electron chi connectivity index (χ3n) is 0.133. The largest absolute Gasteiger partial charge is 0.356 e. The van der Waals surface area contributed by atoms with Crippen LogP contribution in [0.5, 0.6) is 0 Å². The van der Waals surface area contributed by atoms with Gasteiger partial charge in [-0.1, -0.05) is 0 Å². The number of hydrogen-bond donors (Lipinski definition) is 0. The summed E-state index contributed by atoms with van der Waals surface area (Å²) in [5.41, 5.74) is 0. The van der Waals surface area contributed by atoms with Gasteiger partial charge in [0.2, 0.25) is 0 Å². The molecule has 0 saturated heterocycles. The van der Waals surface area contributed by atoms with Gasteiger partial charge in [0.25, 0.3) is 0 Å². The van der Waals surface area contributed by atoms with E-state index in [2.05, 4.69) is 4.94 Å². The van der Waals surface area contributed by atoms with E-state index in [1.54, 1.807) is 0 Å². The predicted octanol–water partition coefficient (Wildman–Crippen LogP) is -0.616. The van der Waals surface area contributed by atoms with E-state index in [1.807, 2.05) is 0 Å². The molecular formula is CuN2O5. The molecule has 0 aromatic rings. The molecule has 0 heterocycles. The average Bonchev–Trinajstić information content (AvgIpc) is 1.27. The van der Waals surface area contributed by atoms with Gasteiger partial charge in [-0.15, -0.1) is 20.2 Å². The topological polar surface area (TPSA) is 95.5 Å². The zero-order valence-corrected chi connectivity index (χ0v) is 4.18. The van der Waals surface area contributed by atoms with Gasteiger partial charge in [-0.3, -0.25) is 0 Å². The molecule has 0 aliphatic heterocycles. The van der Waals surface area contributed by atoms with Gasteiger partial charge in [0.05, 0.1) is 0 Å². The van der Waals surface area contributed by atoms with Crippen molar-refractivity contribution in [3.63, 3.8) is 0 Å². The molecule has 8 heteroatoms. The maximum atomic E-state index is 8.95. The third-order valence-corrected chi connectivity index (χ3v) is 0.133. The summed E-state index contributed by atoms with van der Waals surface area (Å²) in [6.07, 6.45) is 0. The Morgan fingerprint density at radius 1 is 1.12 bits per heavy atom. The fourth-order valence-corrected chi connectivity index (χ4v) is 0.0544. The van der Waals surface area contributed by atoms with E-state index in [-0.39, 0.29) is 17.1 Å². The number of hydrogen-bond acceptors (Lipinski definition) is 5. The second kappa shape index (κ2) is 4.28. The van der Waals surface area contributed by atoms with Crippen LogP contribution in [0.25, 0.3) is 0 Å². The molecule has 0 aromatic carbocycles. The molecule has 8 heavy (non-hydrogen) atoms. The summed E-state index contributed by atoms with van der Waals surface area (Å²) in [6.45, 7) is 0. The maximum Gasteiger partial charge on any atom is 0.356 e. The van der Waals surface area contributed by atoms with Gasteiger partial charge in [-0.25, -0.2) is 0 Å². The Labute approximate surface area is 53.3 Å². The first-order valence-electron chi connectivity index (χ1n) is 1.10. The Kier molecular flexibility index (Phi) is 5.45. The molecule has 0 aromatic heterocycles. The summed E-state index contributed by atoms with van der Waals surface area (Å²) in [4.78, 5) is 20.6. The standard InChI is InChI=1S/Cu.N2O5/c;3-1(4)7-2(5)6. The fraction of sp³-hybridized carbons (Fsp3) is 0. The molecule has 0 bridgehead atoms. The van der Waals surface area contributed by atoms with Crippen LogP contribution < -0.4 is 0 Å². The van der Waals surface area contributed by atoms with Gasteiger partial charge in [0, 0.05) is 22.0 Å². The summed E-state index contributed by atoms with van der Waals surface area (Å²) in [7, 11) is 0. The van der Waals surface area contributed by atoms with Crippen molar-refractivity contribution in [2.75, 3.05) is 0 Å². The molecule has 1 radical (unpaired) electrons. The minimum atomic E-state index is -1.50. The molecule has 0 saturated carbocycles. The zero-order valence-electron chi connectivity index (χ0n) is 3.24. The van der Waals surface area contributed by atoms with Crippen molar-refractivity contribution in [1.82, 2.24) is 0 Å². The summed E-state index contributed by atoms with van der Waals surface area (Å²) in [5, 5.41) is 14.9. The predicted molar refractivity (Wildman–Crippen MR) is 15.1 cm³/mol. The Bertz CT molecular complexity index is 86.6. The Balaban J connectivity index is 0. The van der Waals surface area contributed by atoms with Crippen LogP contribution in [-0.2, 0) is 22.0 Å². The van der Waals surface area contributed by atoms with Crippen LogP contribution in [0.4, 0.5) is 0 Å². The van der Waals surface area contributed by atoms with Gasteiger partial charge in [-0.05, 0) is 0 Å². The fourth-order valence-electron chi connectivity index (χ4n) is 0.0544. The van der Waals surface area contributed by atoms with E-state index in [9.17, 15) is 0 Å². The van der Waals surface area contributed by atoms with Crippen molar-refractivity contribution in [2.45, 2.75) is 0 Å². The van der Waals surface area contributed by atoms with Gasteiger partial charge < -0.3 is 0 Å². The molecule has 0 N–H and O–H groups in total. The molecule has 0 fully saturated rings. The van der Waals surface area contributed by atoms with Crippen molar-refractivity contribution >= 4 is 0 Å². The van der Waals surface area contributed by atoms with Crippen molar-refractivity contribution in [1.29, 1.82) is 0 Å². The van der Waals surface area contributed by atoms with Gasteiger partial charge in [-0.2, -0.15) is 0 Å². The monoisotopic (exact) mass is 171 g/mol. The van der Waals surface area contributed by atoms with E-state index in [0.717, 1.165) is 0 Å². The maximum absolute atomic E-state index is 8.95. The first-order chi connectivity index (χ1) is 3.13. The average molecular weight is 172 g/mol. The minimum absolute atomic E-state index is 0. The molecular weight excluding hydrogens is 172 g/mol. The Morgan fingerprint density at radius 2 is 1.38 bits per heavy atom. The normalized spacial score (nSPS) is 6.50. The summed E-state index contributed by atoms with van der Waals surface area (Å²) in [5.74, 6) is 0. The second-order valence-corrected chi connectivity index (χ2v) is 0.529. The van der Waals surface area contributed by atoms with Crippen LogP contribution in [0.15, 0.2) is 0 Å². The van der Waals surface area contributed by atoms with E-state index in [1.165, 1.54) is 0 Å². The van der Waals surface area contributed by atoms with E-state index >= 15 is 0 Å². The summed E-state index contributed by atoms with van der Waals surface area (Å²) >= 11 is 0. The number of nitrogens with zero attached hydrogens (tertiary/aromatic N) is 2. The van der Waals surface area contributed by atoms with E-state index in [0.29, 0.717) is 0 Å². The summed E-state index contributed by atoms with van der Waals surface area (Å²) in [6, 6.07) is 0. The first-order valence-corrected chi connectivity index (χ1v) is 1.10. The first kappa shape index (κ1) is 10.2. The zero-order chi connectivity index (χ0) is 5.86. The SMILES string of the molecule is O=[N+]([O-])O[N+](=O)[O-].[Cu]. The third kappa shape index (κ3) is 8.93. The van der Waals surface area contributed by atoms with Crippen molar-refractivity contribution in [3.05, 3.63) is 20.2 Å². The minimum Gasteiger partial charge on any atom is -0.105 e. The van der Waals surface area contributed by atoms with E-state index < -0.39 is 10.2 Å². The van der Waals surface area contributed by atoms with Gasteiger partial charge in [0.15, 0.2) is 0 Å². The molecule has 51 valence electrons. The van der Waals surface area contributed by atoms with Crippen LogP contribution in [-0.4, -0.2) is 10.2 Å². The molecule has 7 nitrogen and oxygen atoms in total. The molecule has 0 rings (SSSR count). The van der Waals surface area contributed by atoms with Crippen LogP contribution in [0.3, 0.4) is 0 Å². The molecule has 0 amide bonds. The molecule has 0 aliphatic rings. The molecule has 0 aliphatic carbocycles. The Morgan fingerprint density at radius 3 is 1.38 bits per heavy atom. The van der Waals surface area contributed by atoms with Crippen LogP contribution in [0, 0.1) is 20.2 Å². The molecule has 0 spiro atoms. The van der Waals surface area contributed by atoms with Gasteiger partial charge >= 0.3 is 10.2 Å². The van der Waals surface area contributed by atoms with Crippen molar-refractivity contribution in [3.8, 4) is 0 Å². The van der Waals surface area contributed by atoms with Crippen LogP contribution in [0.1, 0.15) is 0 Å². The number of rotatable bonds is 2. The van der Waals surface area contributed by atoms with Crippen molar-refractivity contribution < 1.29 is 32.2 Å². The smallest absolute Gasteiger partial charge is 0.105 e. The van der Waals surface area contributed by atoms with E-state index in [4.69, 9.17) is 20.2 Å². The second-order valence-electron chi connectivity index (χ2n) is 0.529.